The second-order valence-corrected chi connectivity index (χ2v) is 4.39. The highest BCUT2D eigenvalue weighted by Crippen LogP contribution is 2.24. The lowest BCUT2D eigenvalue weighted by Gasteiger charge is -2.25. The van der Waals surface area contributed by atoms with Crippen molar-refractivity contribution in [3.05, 3.63) is 12.4 Å². The molecule has 0 spiro atoms. The van der Waals surface area contributed by atoms with Gasteiger partial charge in [-0.15, -0.1) is 0 Å². The Morgan fingerprint density at radius 2 is 2.25 bits per heavy atom. The summed E-state index contributed by atoms with van der Waals surface area (Å²) < 4.78 is 0. The number of nitrogen functional groups attached to an aromatic ring is 1. The van der Waals surface area contributed by atoms with Crippen LogP contribution in [0, 0.1) is 5.92 Å². The highest BCUT2D eigenvalue weighted by atomic mass is 16.3. The number of hydrogen-bond acceptors (Lipinski definition) is 5. The van der Waals surface area contributed by atoms with Crippen LogP contribution in [0.25, 0.3) is 0 Å². The first-order valence-corrected chi connectivity index (χ1v) is 5.73. The Bertz CT molecular complexity index is 327. The van der Waals surface area contributed by atoms with E-state index in [4.69, 9.17) is 5.73 Å². The highest BCUT2D eigenvalue weighted by molar-refractivity contribution is 5.35. The quantitative estimate of drug-likeness (QED) is 0.711. The van der Waals surface area contributed by atoms with Gasteiger partial charge in [0.2, 0.25) is 0 Å². The van der Waals surface area contributed by atoms with Crippen LogP contribution in [-0.4, -0.2) is 27.7 Å². The third kappa shape index (κ3) is 3.06. The summed E-state index contributed by atoms with van der Waals surface area (Å²) in [4.78, 5) is 8.08. The predicted molar refractivity (Wildman–Crippen MR) is 62.9 cm³/mol. The summed E-state index contributed by atoms with van der Waals surface area (Å²) in [5.74, 6) is 1.70. The van der Waals surface area contributed by atoms with E-state index in [9.17, 15) is 5.11 Å². The van der Waals surface area contributed by atoms with Gasteiger partial charge in [-0.3, -0.25) is 0 Å². The van der Waals surface area contributed by atoms with E-state index < -0.39 is 0 Å². The molecule has 2 atom stereocenters. The standard InChI is InChI=1S/C11H18N4O/c12-10-6-15-11(7-13-10)14-5-8-2-1-3-9(16)4-8/h6-9,16H,1-5H2,(H2,12,13)(H,14,15). The lowest BCUT2D eigenvalue weighted by molar-refractivity contribution is 0.104. The minimum absolute atomic E-state index is 0.127. The first kappa shape index (κ1) is 11.1. The summed E-state index contributed by atoms with van der Waals surface area (Å²) in [6.45, 7) is 0.843. The molecule has 0 aromatic carbocycles. The molecule has 0 radical (unpaired) electrons. The van der Waals surface area contributed by atoms with Crippen molar-refractivity contribution in [2.75, 3.05) is 17.6 Å². The summed E-state index contributed by atoms with van der Waals surface area (Å²) in [5.41, 5.74) is 5.45. The first-order chi connectivity index (χ1) is 7.74. The molecule has 0 amide bonds. The van der Waals surface area contributed by atoms with Crippen molar-refractivity contribution in [1.29, 1.82) is 0 Å². The lowest BCUT2D eigenvalue weighted by Crippen LogP contribution is -2.25. The number of nitrogens with two attached hydrogens (primary N) is 1. The topological polar surface area (TPSA) is 84.1 Å². The van der Waals surface area contributed by atoms with Gasteiger partial charge in [0.1, 0.15) is 11.6 Å². The van der Waals surface area contributed by atoms with Crippen LogP contribution in [0.15, 0.2) is 12.4 Å². The van der Waals surface area contributed by atoms with Crippen LogP contribution in [-0.2, 0) is 0 Å². The maximum Gasteiger partial charge on any atom is 0.144 e. The molecule has 1 fully saturated rings. The van der Waals surface area contributed by atoms with Crippen molar-refractivity contribution in [1.82, 2.24) is 9.97 Å². The second-order valence-electron chi connectivity index (χ2n) is 4.39. The lowest BCUT2D eigenvalue weighted by atomic mass is 9.87. The molecular formula is C11H18N4O. The second kappa shape index (κ2) is 5.12. The number of anilines is 2. The van der Waals surface area contributed by atoms with E-state index in [1.807, 2.05) is 0 Å². The molecule has 0 aliphatic heterocycles. The van der Waals surface area contributed by atoms with E-state index in [-0.39, 0.29) is 6.10 Å². The zero-order chi connectivity index (χ0) is 11.4. The van der Waals surface area contributed by atoms with Gasteiger partial charge in [-0.25, -0.2) is 9.97 Å². The van der Waals surface area contributed by atoms with Crippen LogP contribution in [0.5, 0.6) is 0 Å². The van der Waals surface area contributed by atoms with E-state index in [1.54, 1.807) is 6.20 Å². The average molecular weight is 222 g/mol. The summed E-state index contributed by atoms with van der Waals surface area (Å²) in [7, 11) is 0. The Balaban J connectivity index is 1.80. The molecular weight excluding hydrogens is 204 g/mol. The Labute approximate surface area is 95.1 Å². The SMILES string of the molecule is Nc1cnc(NCC2CCCC(O)C2)cn1. The van der Waals surface area contributed by atoms with E-state index >= 15 is 0 Å². The number of aromatic nitrogens is 2. The Morgan fingerprint density at radius 3 is 2.94 bits per heavy atom. The van der Waals surface area contributed by atoms with Crippen LogP contribution >= 0.6 is 0 Å². The molecule has 1 aliphatic carbocycles. The fraction of sp³-hybridized carbons (Fsp3) is 0.636. The number of nitrogens with zero attached hydrogens (tertiary/aromatic N) is 2. The van der Waals surface area contributed by atoms with Crippen molar-refractivity contribution >= 4 is 11.6 Å². The fourth-order valence-electron chi connectivity index (χ4n) is 2.13. The van der Waals surface area contributed by atoms with Gasteiger partial charge in [0.05, 0.1) is 18.5 Å². The third-order valence-corrected chi connectivity index (χ3v) is 3.00. The van der Waals surface area contributed by atoms with Gasteiger partial charge in [0.15, 0.2) is 0 Å². The first-order valence-electron chi connectivity index (χ1n) is 5.73. The zero-order valence-electron chi connectivity index (χ0n) is 9.26. The van der Waals surface area contributed by atoms with Gasteiger partial charge in [-0.2, -0.15) is 0 Å². The van der Waals surface area contributed by atoms with Gasteiger partial charge < -0.3 is 16.2 Å². The molecule has 1 aromatic heterocycles. The fourth-order valence-corrected chi connectivity index (χ4v) is 2.13. The van der Waals surface area contributed by atoms with Gasteiger partial charge in [0, 0.05) is 6.54 Å². The number of aliphatic hydroxyl groups excluding tert-OH is 1. The summed E-state index contributed by atoms with van der Waals surface area (Å²) in [5, 5.41) is 12.8. The molecule has 1 heterocycles. The molecule has 2 unspecified atom stereocenters. The Kier molecular flexibility index (Phi) is 3.56. The Hall–Kier alpha value is -1.36. The normalized spacial score (nSPS) is 25.3. The summed E-state index contributed by atoms with van der Waals surface area (Å²) in [6, 6.07) is 0. The van der Waals surface area contributed by atoms with Crippen molar-refractivity contribution in [3.63, 3.8) is 0 Å². The van der Waals surface area contributed by atoms with Crippen molar-refractivity contribution in [3.8, 4) is 0 Å². The van der Waals surface area contributed by atoms with Crippen LogP contribution in [0.2, 0.25) is 0 Å². The minimum Gasteiger partial charge on any atom is -0.393 e. The Morgan fingerprint density at radius 1 is 1.38 bits per heavy atom. The van der Waals surface area contributed by atoms with Gasteiger partial charge >= 0.3 is 0 Å². The molecule has 4 N–H and O–H groups in total. The largest absolute Gasteiger partial charge is 0.393 e. The molecule has 2 rings (SSSR count). The molecule has 0 bridgehead atoms. The van der Waals surface area contributed by atoms with Crippen LogP contribution in [0.4, 0.5) is 11.6 Å². The minimum atomic E-state index is -0.127. The van der Waals surface area contributed by atoms with Crippen molar-refractivity contribution in [2.24, 2.45) is 5.92 Å². The molecule has 5 nitrogen and oxygen atoms in total. The van der Waals surface area contributed by atoms with E-state index in [2.05, 4.69) is 15.3 Å². The van der Waals surface area contributed by atoms with E-state index in [0.717, 1.165) is 31.6 Å². The van der Waals surface area contributed by atoms with Crippen LogP contribution in [0.1, 0.15) is 25.7 Å². The third-order valence-electron chi connectivity index (χ3n) is 3.00. The molecule has 16 heavy (non-hydrogen) atoms. The number of nitrogens with one attached hydrogen (secondary N) is 1. The smallest absolute Gasteiger partial charge is 0.144 e. The average Bonchev–Trinajstić information content (AvgIpc) is 2.28. The van der Waals surface area contributed by atoms with Gasteiger partial charge in [-0.1, -0.05) is 6.42 Å². The monoisotopic (exact) mass is 222 g/mol. The molecule has 5 heteroatoms. The van der Waals surface area contributed by atoms with E-state index in [1.165, 1.54) is 12.6 Å². The molecule has 1 aromatic rings. The molecule has 1 saturated carbocycles. The summed E-state index contributed by atoms with van der Waals surface area (Å²) in [6.07, 6.45) is 7.16. The van der Waals surface area contributed by atoms with Gasteiger partial charge in [-0.05, 0) is 25.2 Å². The molecule has 88 valence electrons. The van der Waals surface area contributed by atoms with Crippen LogP contribution in [0.3, 0.4) is 0 Å². The highest BCUT2D eigenvalue weighted by Gasteiger charge is 2.19. The predicted octanol–water partition coefficient (Wildman–Crippen LogP) is 1.02. The van der Waals surface area contributed by atoms with Crippen molar-refractivity contribution in [2.45, 2.75) is 31.8 Å². The number of aliphatic hydroxyl groups is 1. The zero-order valence-corrected chi connectivity index (χ0v) is 9.26. The molecule has 1 aliphatic rings. The summed E-state index contributed by atoms with van der Waals surface area (Å²) >= 11 is 0. The van der Waals surface area contributed by atoms with Crippen LogP contribution < -0.4 is 11.1 Å². The van der Waals surface area contributed by atoms with E-state index in [0.29, 0.717) is 11.7 Å². The molecule has 0 saturated heterocycles. The maximum atomic E-state index is 9.54. The maximum absolute atomic E-state index is 9.54. The number of hydrogen-bond donors (Lipinski definition) is 3. The van der Waals surface area contributed by atoms with Crippen molar-refractivity contribution < 1.29 is 5.11 Å². The number of rotatable bonds is 3. The van der Waals surface area contributed by atoms with Gasteiger partial charge in [0.25, 0.3) is 0 Å².